The van der Waals surface area contributed by atoms with Crippen LogP contribution in [0, 0.1) is 5.82 Å². The molecule has 3 aliphatic heterocycles. The zero-order valence-corrected chi connectivity index (χ0v) is 20.5. The molecule has 0 saturated carbocycles. The Labute approximate surface area is 209 Å². The standard InChI is InChI=1S/C27H29FN4O4/c1-18(33)19-7-8-23(21(28)17-19)29-13-15-30(16-14-29)24(34)10-12-31-26(36)20-5-3-4-6-22(20)32-25(35)9-11-27(31,32)2/h3-8,17H,9-16H2,1-2H3. The highest BCUT2D eigenvalue weighted by atomic mass is 19.1. The van der Waals surface area contributed by atoms with E-state index in [1.807, 2.05) is 17.9 Å². The number of para-hydroxylation sites is 1. The molecular formula is C27H29FN4O4. The van der Waals surface area contributed by atoms with E-state index in [0.29, 0.717) is 61.5 Å². The molecule has 2 aromatic rings. The van der Waals surface area contributed by atoms with Gasteiger partial charge >= 0.3 is 0 Å². The van der Waals surface area contributed by atoms with Crippen molar-refractivity contribution in [2.24, 2.45) is 0 Å². The lowest BCUT2D eigenvalue weighted by Crippen LogP contribution is -2.62. The molecule has 0 aromatic heterocycles. The first-order chi connectivity index (χ1) is 17.2. The Morgan fingerprint density at radius 2 is 1.72 bits per heavy atom. The van der Waals surface area contributed by atoms with E-state index >= 15 is 0 Å². The first-order valence-corrected chi connectivity index (χ1v) is 12.3. The number of amides is 3. The molecule has 3 aliphatic rings. The molecular weight excluding hydrogens is 463 g/mol. The fraction of sp³-hybridized carbons (Fsp3) is 0.407. The van der Waals surface area contributed by atoms with E-state index in [2.05, 4.69) is 0 Å². The first-order valence-electron chi connectivity index (χ1n) is 12.3. The van der Waals surface area contributed by atoms with Gasteiger partial charge in [0.2, 0.25) is 11.8 Å². The minimum Gasteiger partial charge on any atom is -0.366 e. The summed E-state index contributed by atoms with van der Waals surface area (Å²) in [6.07, 6.45) is 1.02. The predicted octanol–water partition coefficient (Wildman–Crippen LogP) is 3.07. The molecule has 0 radical (unpaired) electrons. The van der Waals surface area contributed by atoms with Gasteiger partial charge in [0, 0.05) is 51.1 Å². The number of hydrogen-bond donors (Lipinski definition) is 0. The van der Waals surface area contributed by atoms with Crippen molar-refractivity contribution < 1.29 is 23.6 Å². The molecule has 5 rings (SSSR count). The third kappa shape index (κ3) is 3.92. The molecule has 2 fully saturated rings. The van der Waals surface area contributed by atoms with E-state index < -0.39 is 11.5 Å². The number of carbonyl (C=O) groups excluding carboxylic acids is 4. The third-order valence-corrected chi connectivity index (χ3v) is 7.62. The van der Waals surface area contributed by atoms with Gasteiger partial charge in [0.1, 0.15) is 11.5 Å². The fourth-order valence-electron chi connectivity index (χ4n) is 5.59. The summed E-state index contributed by atoms with van der Waals surface area (Å²) in [7, 11) is 0. The highest BCUT2D eigenvalue weighted by Crippen LogP contribution is 2.44. The van der Waals surface area contributed by atoms with Crippen LogP contribution in [-0.4, -0.2) is 71.7 Å². The van der Waals surface area contributed by atoms with Crippen molar-refractivity contribution in [1.29, 1.82) is 0 Å². The van der Waals surface area contributed by atoms with Crippen LogP contribution < -0.4 is 9.80 Å². The second-order valence-corrected chi connectivity index (χ2v) is 9.76. The summed E-state index contributed by atoms with van der Waals surface area (Å²) in [4.78, 5) is 57.6. The van der Waals surface area contributed by atoms with Gasteiger partial charge in [-0.3, -0.25) is 24.1 Å². The average molecular weight is 493 g/mol. The summed E-state index contributed by atoms with van der Waals surface area (Å²) in [6.45, 7) is 5.32. The Bertz CT molecular complexity index is 1260. The minimum atomic E-state index is -0.787. The molecule has 2 aromatic carbocycles. The van der Waals surface area contributed by atoms with E-state index in [1.54, 1.807) is 45.0 Å². The van der Waals surface area contributed by atoms with Gasteiger partial charge in [0.25, 0.3) is 5.91 Å². The van der Waals surface area contributed by atoms with Crippen molar-refractivity contribution in [2.75, 3.05) is 42.5 Å². The van der Waals surface area contributed by atoms with Crippen molar-refractivity contribution in [2.45, 2.75) is 38.8 Å². The highest BCUT2D eigenvalue weighted by Gasteiger charge is 2.52. The quantitative estimate of drug-likeness (QED) is 0.600. The molecule has 1 atom stereocenters. The van der Waals surface area contributed by atoms with Crippen LogP contribution in [0.1, 0.15) is 53.8 Å². The minimum absolute atomic E-state index is 0.0199. The summed E-state index contributed by atoms with van der Waals surface area (Å²) >= 11 is 0. The van der Waals surface area contributed by atoms with Crippen molar-refractivity contribution in [3.8, 4) is 0 Å². The summed E-state index contributed by atoms with van der Waals surface area (Å²) in [5.74, 6) is -0.899. The normalized spacial score (nSPS) is 21.5. The average Bonchev–Trinajstić information content (AvgIpc) is 3.18. The smallest absolute Gasteiger partial charge is 0.257 e. The lowest BCUT2D eigenvalue weighted by atomic mass is 9.98. The maximum Gasteiger partial charge on any atom is 0.257 e. The fourth-order valence-corrected chi connectivity index (χ4v) is 5.59. The van der Waals surface area contributed by atoms with E-state index in [-0.39, 0.29) is 36.5 Å². The van der Waals surface area contributed by atoms with Crippen LogP contribution >= 0.6 is 0 Å². The molecule has 0 N–H and O–H groups in total. The van der Waals surface area contributed by atoms with E-state index in [1.165, 1.54) is 13.0 Å². The number of benzene rings is 2. The van der Waals surface area contributed by atoms with E-state index in [9.17, 15) is 23.6 Å². The van der Waals surface area contributed by atoms with Crippen LogP contribution in [0.4, 0.5) is 15.8 Å². The number of rotatable bonds is 5. The Kier molecular flexibility index (Phi) is 6.02. The van der Waals surface area contributed by atoms with Crippen LogP contribution in [-0.2, 0) is 9.59 Å². The van der Waals surface area contributed by atoms with E-state index in [4.69, 9.17) is 0 Å². The maximum absolute atomic E-state index is 14.6. The molecule has 188 valence electrons. The molecule has 0 bridgehead atoms. The van der Waals surface area contributed by atoms with Gasteiger partial charge in [-0.2, -0.15) is 0 Å². The summed E-state index contributed by atoms with van der Waals surface area (Å²) in [6, 6.07) is 11.6. The summed E-state index contributed by atoms with van der Waals surface area (Å²) < 4.78 is 14.6. The van der Waals surface area contributed by atoms with Crippen LogP contribution in [0.3, 0.4) is 0 Å². The lowest BCUT2D eigenvalue weighted by molar-refractivity contribution is -0.131. The molecule has 2 saturated heterocycles. The molecule has 3 amide bonds. The molecule has 0 spiro atoms. The van der Waals surface area contributed by atoms with Gasteiger partial charge in [-0.05, 0) is 50.6 Å². The van der Waals surface area contributed by atoms with Crippen molar-refractivity contribution in [3.63, 3.8) is 0 Å². The zero-order chi connectivity index (χ0) is 25.6. The van der Waals surface area contributed by atoms with Gasteiger partial charge < -0.3 is 14.7 Å². The largest absolute Gasteiger partial charge is 0.366 e. The monoisotopic (exact) mass is 492 g/mol. The lowest BCUT2D eigenvalue weighted by Gasteiger charge is -2.48. The Morgan fingerprint density at radius 3 is 2.42 bits per heavy atom. The Balaban J connectivity index is 1.23. The molecule has 3 heterocycles. The third-order valence-electron chi connectivity index (χ3n) is 7.62. The number of piperazine rings is 1. The topological polar surface area (TPSA) is 81.2 Å². The van der Waals surface area contributed by atoms with Crippen LogP contribution in [0.5, 0.6) is 0 Å². The number of Topliss-reactive ketones (excluding diaryl/α,β-unsaturated/α-hetero) is 1. The first kappa shape index (κ1) is 24.0. The summed E-state index contributed by atoms with van der Waals surface area (Å²) in [5.41, 5.74) is 1.07. The van der Waals surface area contributed by atoms with Crippen molar-refractivity contribution >= 4 is 34.9 Å². The maximum atomic E-state index is 14.6. The van der Waals surface area contributed by atoms with Gasteiger partial charge in [0.15, 0.2) is 5.78 Å². The van der Waals surface area contributed by atoms with E-state index in [0.717, 1.165) is 0 Å². The number of anilines is 2. The highest BCUT2D eigenvalue weighted by molar-refractivity contribution is 6.10. The molecule has 1 unspecified atom stereocenters. The van der Waals surface area contributed by atoms with Crippen molar-refractivity contribution in [3.05, 3.63) is 59.4 Å². The molecule has 9 heteroatoms. The molecule has 8 nitrogen and oxygen atoms in total. The van der Waals surface area contributed by atoms with Gasteiger partial charge in [-0.1, -0.05) is 12.1 Å². The number of ketones is 1. The number of carbonyl (C=O) groups is 4. The predicted molar refractivity (Wildman–Crippen MR) is 132 cm³/mol. The number of halogens is 1. The SMILES string of the molecule is CC(=O)c1ccc(N2CCN(C(=O)CCN3C(=O)c4ccccc4N4C(=O)CCC34C)CC2)c(F)c1. The Morgan fingerprint density at radius 1 is 1.00 bits per heavy atom. The van der Waals surface area contributed by atoms with Gasteiger partial charge in [0.05, 0.1) is 16.9 Å². The summed E-state index contributed by atoms with van der Waals surface area (Å²) in [5, 5.41) is 0. The Hall–Kier alpha value is -3.75. The zero-order valence-electron chi connectivity index (χ0n) is 20.5. The second-order valence-electron chi connectivity index (χ2n) is 9.76. The van der Waals surface area contributed by atoms with Gasteiger partial charge in [-0.25, -0.2) is 4.39 Å². The van der Waals surface area contributed by atoms with Crippen LogP contribution in [0.15, 0.2) is 42.5 Å². The van der Waals surface area contributed by atoms with Gasteiger partial charge in [-0.15, -0.1) is 0 Å². The molecule has 36 heavy (non-hydrogen) atoms. The van der Waals surface area contributed by atoms with Crippen LogP contribution in [0.25, 0.3) is 0 Å². The van der Waals surface area contributed by atoms with Crippen LogP contribution in [0.2, 0.25) is 0 Å². The molecule has 0 aliphatic carbocycles. The van der Waals surface area contributed by atoms with Crippen molar-refractivity contribution in [1.82, 2.24) is 9.80 Å². The number of fused-ring (bicyclic) bond motifs is 3. The number of hydrogen-bond acceptors (Lipinski definition) is 5. The number of nitrogens with zero attached hydrogens (tertiary/aromatic N) is 4. The second kappa shape index (κ2) is 9.04.